The number of nitrogen functional groups attached to an aromatic ring is 1. The van der Waals surface area contributed by atoms with E-state index in [-0.39, 0.29) is 5.03 Å². The lowest BCUT2D eigenvalue weighted by Gasteiger charge is -2.07. The van der Waals surface area contributed by atoms with E-state index in [2.05, 4.69) is 9.82 Å². The van der Waals surface area contributed by atoms with Crippen molar-refractivity contribution in [3.8, 4) is 0 Å². The van der Waals surface area contributed by atoms with Crippen LogP contribution in [0.3, 0.4) is 0 Å². The maximum atomic E-state index is 12.0. The zero-order chi connectivity index (χ0) is 12.5. The van der Waals surface area contributed by atoms with E-state index in [0.717, 1.165) is 0 Å². The van der Waals surface area contributed by atoms with Crippen LogP contribution >= 0.6 is 0 Å². The highest BCUT2D eigenvalue weighted by Crippen LogP contribution is 2.16. The van der Waals surface area contributed by atoms with Crippen LogP contribution in [0.5, 0.6) is 0 Å². The van der Waals surface area contributed by atoms with Crippen molar-refractivity contribution in [1.29, 1.82) is 0 Å². The minimum atomic E-state index is -3.60. The summed E-state index contributed by atoms with van der Waals surface area (Å²) in [4.78, 5) is 0. The first-order chi connectivity index (χ1) is 7.99. The number of nitrogens with two attached hydrogens (primary N) is 1. The van der Waals surface area contributed by atoms with Gasteiger partial charge in [-0.15, -0.1) is 0 Å². The largest absolute Gasteiger partial charge is 0.399 e. The summed E-state index contributed by atoms with van der Waals surface area (Å²) in [6, 6.07) is 7.88. The summed E-state index contributed by atoms with van der Waals surface area (Å²) in [6.07, 6.45) is 1.43. The zero-order valence-corrected chi connectivity index (χ0v) is 9.98. The number of nitrogens with zero attached hydrogens (tertiary/aromatic N) is 2. The summed E-state index contributed by atoms with van der Waals surface area (Å²) < 4.78 is 27.7. The average molecular weight is 252 g/mol. The smallest absolute Gasteiger partial charge is 0.279 e. The highest BCUT2D eigenvalue weighted by molar-refractivity contribution is 7.92. The number of hydrogen-bond acceptors (Lipinski definition) is 4. The molecule has 0 radical (unpaired) electrons. The van der Waals surface area contributed by atoms with E-state index >= 15 is 0 Å². The van der Waals surface area contributed by atoms with Crippen LogP contribution in [0.2, 0.25) is 0 Å². The first kappa shape index (κ1) is 11.5. The minimum absolute atomic E-state index is 0.106. The molecule has 2 aromatic rings. The first-order valence-electron chi connectivity index (χ1n) is 4.85. The number of benzene rings is 1. The van der Waals surface area contributed by atoms with Gasteiger partial charge in [-0.3, -0.25) is 9.40 Å². The average Bonchev–Trinajstić information content (AvgIpc) is 2.68. The van der Waals surface area contributed by atoms with Gasteiger partial charge in [0.25, 0.3) is 10.0 Å². The van der Waals surface area contributed by atoms with E-state index < -0.39 is 10.0 Å². The van der Waals surface area contributed by atoms with Gasteiger partial charge in [0.2, 0.25) is 0 Å². The van der Waals surface area contributed by atoms with E-state index in [9.17, 15) is 8.42 Å². The quantitative estimate of drug-likeness (QED) is 0.791. The topological polar surface area (TPSA) is 90.0 Å². The summed E-state index contributed by atoms with van der Waals surface area (Å²) in [5.41, 5.74) is 6.55. The second-order valence-electron chi connectivity index (χ2n) is 3.52. The Morgan fingerprint density at radius 2 is 1.88 bits per heavy atom. The number of nitrogens with one attached hydrogen (secondary N) is 1. The monoisotopic (exact) mass is 252 g/mol. The van der Waals surface area contributed by atoms with Crippen molar-refractivity contribution in [1.82, 2.24) is 9.78 Å². The highest BCUT2D eigenvalue weighted by Gasteiger charge is 2.17. The maximum absolute atomic E-state index is 12.0. The van der Waals surface area contributed by atoms with Gasteiger partial charge >= 0.3 is 0 Å². The fourth-order valence-electron chi connectivity index (χ4n) is 1.38. The van der Waals surface area contributed by atoms with Crippen molar-refractivity contribution < 1.29 is 8.42 Å². The van der Waals surface area contributed by atoms with E-state index in [4.69, 9.17) is 5.73 Å². The molecule has 0 fully saturated rings. The van der Waals surface area contributed by atoms with Gasteiger partial charge in [-0.25, -0.2) is 0 Å². The summed E-state index contributed by atoms with van der Waals surface area (Å²) in [7, 11) is -2.04. The second-order valence-corrected chi connectivity index (χ2v) is 5.15. The van der Waals surface area contributed by atoms with Gasteiger partial charge in [0.1, 0.15) is 0 Å². The number of rotatable bonds is 3. The Labute approximate surface area is 99.1 Å². The van der Waals surface area contributed by atoms with Crippen molar-refractivity contribution in [3.05, 3.63) is 36.5 Å². The standard InChI is InChI=1S/C10H12N4O2S/c1-14-10(6-7-12-14)17(15,16)13-9-4-2-8(11)3-5-9/h2-7,13H,11H2,1H3. The predicted octanol–water partition coefficient (Wildman–Crippen LogP) is 0.803. The third-order valence-electron chi connectivity index (χ3n) is 2.21. The third kappa shape index (κ3) is 2.39. The molecule has 0 saturated carbocycles. The van der Waals surface area contributed by atoms with Crippen molar-refractivity contribution in [2.24, 2.45) is 7.05 Å². The molecule has 0 amide bonds. The fraction of sp³-hybridized carbons (Fsp3) is 0.100. The van der Waals surface area contributed by atoms with Crippen LogP contribution in [0.15, 0.2) is 41.6 Å². The van der Waals surface area contributed by atoms with Crippen LogP contribution in [0.25, 0.3) is 0 Å². The number of sulfonamides is 1. The number of aromatic nitrogens is 2. The van der Waals surface area contributed by atoms with Gasteiger partial charge in [0, 0.05) is 18.4 Å². The lowest BCUT2D eigenvalue weighted by atomic mass is 10.3. The Kier molecular flexibility index (Phi) is 2.76. The van der Waals surface area contributed by atoms with Gasteiger partial charge in [-0.2, -0.15) is 13.5 Å². The molecule has 0 unspecified atom stereocenters. The van der Waals surface area contributed by atoms with Crippen LogP contribution in [-0.2, 0) is 17.1 Å². The van der Waals surface area contributed by atoms with E-state index in [1.807, 2.05) is 0 Å². The Morgan fingerprint density at radius 3 is 2.41 bits per heavy atom. The van der Waals surface area contributed by atoms with Crippen LogP contribution in [0.4, 0.5) is 11.4 Å². The summed E-state index contributed by atoms with van der Waals surface area (Å²) in [5, 5.41) is 3.92. The van der Waals surface area contributed by atoms with Crippen molar-refractivity contribution in [2.45, 2.75) is 5.03 Å². The molecule has 0 aliphatic rings. The van der Waals surface area contributed by atoms with Crippen molar-refractivity contribution in [2.75, 3.05) is 10.5 Å². The van der Waals surface area contributed by atoms with Gasteiger partial charge in [0.15, 0.2) is 5.03 Å². The molecule has 90 valence electrons. The maximum Gasteiger partial charge on any atom is 0.279 e. The Bertz CT molecular complexity index is 616. The Balaban J connectivity index is 2.30. The molecule has 1 aromatic heterocycles. The molecule has 0 saturated heterocycles. The molecular weight excluding hydrogens is 240 g/mol. The Hall–Kier alpha value is -2.02. The molecule has 3 N–H and O–H groups in total. The molecule has 7 heteroatoms. The van der Waals surface area contributed by atoms with E-state index in [0.29, 0.717) is 11.4 Å². The van der Waals surface area contributed by atoms with Crippen LogP contribution in [-0.4, -0.2) is 18.2 Å². The summed E-state index contributed by atoms with van der Waals surface area (Å²) in [5.74, 6) is 0. The molecule has 0 spiro atoms. The van der Waals surface area contributed by atoms with Crippen LogP contribution in [0.1, 0.15) is 0 Å². The molecule has 0 aliphatic heterocycles. The molecule has 2 rings (SSSR count). The van der Waals surface area contributed by atoms with Crippen LogP contribution < -0.4 is 10.5 Å². The van der Waals surface area contributed by atoms with Crippen LogP contribution in [0, 0.1) is 0 Å². The molecule has 6 nitrogen and oxygen atoms in total. The molecule has 0 aliphatic carbocycles. The van der Waals surface area contributed by atoms with Gasteiger partial charge < -0.3 is 5.73 Å². The lowest BCUT2D eigenvalue weighted by molar-refractivity contribution is 0.582. The summed E-state index contributed by atoms with van der Waals surface area (Å²) >= 11 is 0. The number of aryl methyl sites for hydroxylation is 1. The zero-order valence-electron chi connectivity index (χ0n) is 9.16. The van der Waals surface area contributed by atoms with E-state index in [1.54, 1.807) is 31.3 Å². The summed E-state index contributed by atoms with van der Waals surface area (Å²) in [6.45, 7) is 0. The minimum Gasteiger partial charge on any atom is -0.399 e. The molecule has 1 aromatic carbocycles. The van der Waals surface area contributed by atoms with Gasteiger partial charge in [0.05, 0.1) is 6.20 Å². The Morgan fingerprint density at radius 1 is 1.24 bits per heavy atom. The fourth-order valence-corrected chi connectivity index (χ4v) is 2.57. The second kappa shape index (κ2) is 4.10. The number of anilines is 2. The first-order valence-corrected chi connectivity index (χ1v) is 6.34. The SMILES string of the molecule is Cn1nccc1S(=O)(=O)Nc1ccc(N)cc1. The van der Waals surface area contributed by atoms with E-state index in [1.165, 1.54) is 16.9 Å². The van der Waals surface area contributed by atoms with Crippen molar-refractivity contribution >= 4 is 21.4 Å². The molecule has 1 heterocycles. The van der Waals surface area contributed by atoms with Crippen molar-refractivity contribution in [3.63, 3.8) is 0 Å². The lowest BCUT2D eigenvalue weighted by Crippen LogP contribution is -2.16. The predicted molar refractivity (Wildman–Crippen MR) is 64.9 cm³/mol. The molecule has 0 bridgehead atoms. The normalized spacial score (nSPS) is 11.4. The molecule has 17 heavy (non-hydrogen) atoms. The molecular formula is C10H12N4O2S. The molecule has 0 atom stereocenters. The van der Waals surface area contributed by atoms with Gasteiger partial charge in [-0.1, -0.05) is 0 Å². The van der Waals surface area contributed by atoms with Gasteiger partial charge in [-0.05, 0) is 30.3 Å². The highest BCUT2D eigenvalue weighted by atomic mass is 32.2. The number of hydrogen-bond donors (Lipinski definition) is 2. The third-order valence-corrected chi connectivity index (χ3v) is 3.67.